The maximum Gasteiger partial charge on any atom is 0.257 e. The van der Waals surface area contributed by atoms with Gasteiger partial charge in [0.05, 0.1) is 13.2 Å². The second-order valence-electron chi connectivity index (χ2n) is 5.08. The summed E-state index contributed by atoms with van der Waals surface area (Å²) >= 11 is 0. The molecule has 0 saturated heterocycles. The highest BCUT2D eigenvalue weighted by Crippen LogP contribution is 2.25. The summed E-state index contributed by atoms with van der Waals surface area (Å²) in [4.78, 5) is 11.9. The Hall–Kier alpha value is -1.99. The van der Waals surface area contributed by atoms with Gasteiger partial charge in [-0.3, -0.25) is 4.79 Å². The number of rotatable bonds is 9. The van der Waals surface area contributed by atoms with Crippen molar-refractivity contribution < 1.29 is 42.0 Å². The third kappa shape index (κ3) is 4.80. The molecular formula is C14H19F4N3O5. The van der Waals surface area contributed by atoms with Crippen LogP contribution in [0.25, 0.3) is 0 Å². The van der Waals surface area contributed by atoms with Crippen molar-refractivity contribution in [1.29, 1.82) is 0 Å². The third-order valence-corrected chi connectivity index (χ3v) is 3.39. The molecule has 0 spiro atoms. The van der Waals surface area contributed by atoms with Crippen molar-refractivity contribution in [2.75, 3.05) is 32.5 Å². The highest BCUT2D eigenvalue weighted by atomic mass is 19.2. The molecular weight excluding hydrogens is 366 g/mol. The lowest BCUT2D eigenvalue weighted by Gasteiger charge is -2.25. The Bertz CT molecular complexity index is 620. The van der Waals surface area contributed by atoms with Gasteiger partial charge in [-0.05, 0) is 0 Å². The first-order chi connectivity index (χ1) is 12.2. The first kappa shape index (κ1) is 22.1. The Balaban J connectivity index is 2.88. The number of nitrogen functional groups attached to an aromatic ring is 1. The average Bonchev–Trinajstić information content (AvgIpc) is 2.64. The summed E-state index contributed by atoms with van der Waals surface area (Å²) < 4.78 is 64.3. The maximum atomic E-state index is 13.7. The van der Waals surface area contributed by atoms with Crippen LogP contribution < -0.4 is 16.8 Å². The van der Waals surface area contributed by atoms with E-state index >= 15 is 0 Å². The minimum absolute atomic E-state index is 0.215. The maximum absolute atomic E-state index is 13.7. The lowest BCUT2D eigenvalue weighted by molar-refractivity contribution is -0.177. The normalized spacial score (nSPS) is 14.8. The predicted molar refractivity (Wildman–Crippen MR) is 80.8 cm³/mol. The molecule has 3 atom stereocenters. The molecule has 0 heterocycles. The number of benzene rings is 1. The van der Waals surface area contributed by atoms with Gasteiger partial charge in [-0.15, -0.1) is 0 Å². The van der Waals surface area contributed by atoms with Crippen molar-refractivity contribution >= 4 is 11.6 Å². The molecule has 1 aromatic rings. The summed E-state index contributed by atoms with van der Waals surface area (Å²) in [6.07, 6.45) is -3.66. The Morgan fingerprint density at radius 3 is 2.15 bits per heavy atom. The lowest BCUT2D eigenvalue weighted by Crippen LogP contribution is -2.44. The molecule has 0 aliphatic heterocycles. The summed E-state index contributed by atoms with van der Waals surface area (Å²) in [7, 11) is 1.15. The Labute approximate surface area is 145 Å². The molecule has 0 aromatic heterocycles. The summed E-state index contributed by atoms with van der Waals surface area (Å²) in [6, 6.07) is 0. The van der Waals surface area contributed by atoms with Crippen molar-refractivity contribution in [1.82, 2.24) is 5.32 Å². The van der Waals surface area contributed by atoms with E-state index in [9.17, 15) is 27.5 Å². The predicted octanol–water partition coefficient (Wildman–Crippen LogP) is -0.775. The van der Waals surface area contributed by atoms with Gasteiger partial charge < -0.3 is 36.5 Å². The van der Waals surface area contributed by atoms with Crippen LogP contribution in [0, 0.1) is 23.3 Å². The highest BCUT2D eigenvalue weighted by molar-refractivity contribution is 5.95. The summed E-state index contributed by atoms with van der Waals surface area (Å²) in [5.41, 5.74) is 7.31. The van der Waals surface area contributed by atoms with Gasteiger partial charge in [0.1, 0.15) is 23.5 Å². The van der Waals surface area contributed by atoms with E-state index in [4.69, 9.17) is 26.0 Å². The standard InChI is InChI=1S/C14H19F4N3O5/c1-25-7(26-6(2-19)5(23)4-22)3-21-14(24)8-9(15)11(17)13(20)12(18)10(8)16/h5-7,22-23H,2-4,19-20H2,1H3,(H,21,24)/t5-,6?,7?/m1/s1. The number of methoxy groups -OCH3 is 1. The second-order valence-corrected chi connectivity index (χ2v) is 5.08. The van der Waals surface area contributed by atoms with Crippen LogP contribution in [0.15, 0.2) is 0 Å². The minimum Gasteiger partial charge on any atom is -0.394 e. The lowest BCUT2D eigenvalue weighted by atomic mass is 10.1. The fourth-order valence-corrected chi connectivity index (χ4v) is 1.92. The third-order valence-electron chi connectivity index (χ3n) is 3.39. The zero-order chi connectivity index (χ0) is 20.0. The molecule has 26 heavy (non-hydrogen) atoms. The van der Waals surface area contributed by atoms with Crippen molar-refractivity contribution in [3.8, 4) is 0 Å². The number of anilines is 1. The molecule has 1 rings (SSSR count). The van der Waals surface area contributed by atoms with Gasteiger partial charge in [-0.25, -0.2) is 17.6 Å². The Morgan fingerprint density at radius 2 is 1.73 bits per heavy atom. The molecule has 7 N–H and O–H groups in total. The number of carbonyl (C=O) groups is 1. The smallest absolute Gasteiger partial charge is 0.257 e. The average molecular weight is 385 g/mol. The molecule has 1 amide bonds. The van der Waals surface area contributed by atoms with Gasteiger partial charge in [0.25, 0.3) is 5.91 Å². The van der Waals surface area contributed by atoms with Crippen LogP contribution in [0.1, 0.15) is 10.4 Å². The van der Waals surface area contributed by atoms with Crippen LogP contribution in [-0.2, 0) is 9.47 Å². The number of hydrogen-bond donors (Lipinski definition) is 5. The summed E-state index contributed by atoms with van der Waals surface area (Å²) in [5.74, 6) is -9.20. The molecule has 2 unspecified atom stereocenters. The number of aliphatic hydroxyl groups excluding tert-OH is 2. The number of nitrogens with one attached hydrogen (secondary N) is 1. The van der Waals surface area contributed by atoms with Crippen LogP contribution in [0.4, 0.5) is 23.2 Å². The molecule has 8 nitrogen and oxygen atoms in total. The van der Waals surface area contributed by atoms with Crippen LogP contribution in [0.3, 0.4) is 0 Å². The molecule has 12 heteroatoms. The first-order valence-corrected chi connectivity index (χ1v) is 7.26. The van der Waals surface area contributed by atoms with Gasteiger partial charge in [0.2, 0.25) is 0 Å². The zero-order valence-electron chi connectivity index (χ0n) is 13.6. The first-order valence-electron chi connectivity index (χ1n) is 7.26. The molecule has 0 aliphatic carbocycles. The van der Waals surface area contributed by atoms with Crippen molar-refractivity contribution in [3.05, 3.63) is 28.8 Å². The molecule has 0 radical (unpaired) electrons. The monoisotopic (exact) mass is 385 g/mol. The number of amides is 1. The van der Waals surface area contributed by atoms with Gasteiger partial charge in [0, 0.05) is 13.7 Å². The van der Waals surface area contributed by atoms with Crippen molar-refractivity contribution in [3.63, 3.8) is 0 Å². The van der Waals surface area contributed by atoms with Gasteiger partial charge in [-0.2, -0.15) is 0 Å². The van der Waals surface area contributed by atoms with E-state index in [1.165, 1.54) is 0 Å². The number of aliphatic hydroxyl groups is 2. The molecule has 0 bridgehead atoms. The van der Waals surface area contributed by atoms with Crippen molar-refractivity contribution in [2.24, 2.45) is 5.73 Å². The van der Waals surface area contributed by atoms with Crippen LogP contribution in [0.2, 0.25) is 0 Å². The van der Waals surface area contributed by atoms with E-state index in [0.29, 0.717) is 0 Å². The largest absolute Gasteiger partial charge is 0.394 e. The quantitative estimate of drug-likeness (QED) is 0.163. The molecule has 0 aliphatic rings. The Kier molecular flexibility index (Phi) is 8.17. The number of carbonyl (C=O) groups excluding carboxylic acids is 1. The molecule has 1 aromatic carbocycles. The fraction of sp³-hybridized carbons (Fsp3) is 0.500. The fourth-order valence-electron chi connectivity index (χ4n) is 1.92. The molecule has 0 fully saturated rings. The van der Waals surface area contributed by atoms with Crippen LogP contribution in [-0.4, -0.2) is 61.4 Å². The SMILES string of the molecule is COC(CNC(=O)c1c(F)c(F)c(N)c(F)c1F)OC(CN)[C@H](O)CO. The topological polar surface area (TPSA) is 140 Å². The van der Waals surface area contributed by atoms with E-state index in [1.807, 2.05) is 5.32 Å². The Morgan fingerprint density at radius 1 is 1.19 bits per heavy atom. The van der Waals surface area contributed by atoms with Crippen LogP contribution >= 0.6 is 0 Å². The second kappa shape index (κ2) is 9.64. The van der Waals surface area contributed by atoms with E-state index in [1.54, 1.807) is 0 Å². The van der Waals surface area contributed by atoms with Gasteiger partial charge in [0.15, 0.2) is 29.6 Å². The van der Waals surface area contributed by atoms with Gasteiger partial charge in [-0.1, -0.05) is 0 Å². The van der Waals surface area contributed by atoms with E-state index in [-0.39, 0.29) is 6.54 Å². The van der Waals surface area contributed by atoms with E-state index in [0.717, 1.165) is 7.11 Å². The van der Waals surface area contributed by atoms with Crippen molar-refractivity contribution in [2.45, 2.75) is 18.5 Å². The van der Waals surface area contributed by atoms with Crippen LogP contribution in [0.5, 0.6) is 0 Å². The van der Waals surface area contributed by atoms with Gasteiger partial charge >= 0.3 is 0 Å². The minimum atomic E-state index is -1.95. The number of hydrogen-bond acceptors (Lipinski definition) is 7. The summed E-state index contributed by atoms with van der Waals surface area (Å²) in [5, 5.41) is 20.3. The van der Waals surface area contributed by atoms with E-state index < -0.39 is 72.1 Å². The number of halogens is 4. The number of nitrogens with two attached hydrogens (primary N) is 2. The highest BCUT2D eigenvalue weighted by Gasteiger charge is 2.29. The molecule has 148 valence electrons. The number of ether oxygens (including phenoxy) is 2. The van der Waals surface area contributed by atoms with E-state index in [2.05, 4.69) is 0 Å². The molecule has 0 saturated carbocycles. The zero-order valence-corrected chi connectivity index (χ0v) is 13.6. The summed E-state index contributed by atoms with van der Waals surface area (Å²) in [6.45, 7) is -1.39.